The van der Waals surface area contributed by atoms with Gasteiger partial charge in [0.15, 0.2) is 12.3 Å². The lowest BCUT2D eigenvalue weighted by Crippen LogP contribution is -2.60. The Hall–Kier alpha value is -9.43. The molecule has 8 aromatic carbocycles. The Morgan fingerprint density at radius 3 is 1.47 bits per heavy atom. The number of carbonyl (C=O) groups excluding carboxylic acids is 1. The molecule has 6 aliphatic heterocycles. The summed E-state index contributed by atoms with van der Waals surface area (Å²) in [5.74, 6) is -0.246. The SMILES string of the molecule is CC(C)OS(=O)(=O)c1ccc2c(c1)CCN2c1ccc2c(c1)[Si](C)(C)c1cc(N3CCc4cc(S(=O)(=O)OC(C)C)ccc43)ccc1C2=O.COc1cc(C(=O)O)cc(OC)c1C1=C2C=CC(=[N+]3CCc4cc(S(=O)(=O)O)ccc43)C=C2[Si](C)(C)c2cc(N3CCc4ccccc43)ccc21.O=S(=O)=O. The Labute approximate surface area is 608 Å². The number of carboxylic acids is 1. The molecule has 0 atom stereocenters. The highest BCUT2D eigenvalue weighted by molar-refractivity contribution is 7.87. The molecule has 2 N–H and O–H groups in total. The van der Waals surface area contributed by atoms with Crippen molar-refractivity contribution >= 4 is 136 Å². The zero-order chi connectivity index (χ0) is 74.4. The second-order valence-corrected chi connectivity index (χ2v) is 41.5. The molecule has 7 aliphatic rings. The van der Waals surface area contributed by atoms with Gasteiger partial charge in [0.1, 0.15) is 27.6 Å². The lowest BCUT2D eigenvalue weighted by molar-refractivity contribution is -0.427. The van der Waals surface area contributed by atoms with Gasteiger partial charge in [0.25, 0.3) is 30.4 Å². The molecule has 21 nitrogen and oxygen atoms in total. The zero-order valence-electron chi connectivity index (χ0n) is 58.8. The Balaban J connectivity index is 0.000000176. The van der Waals surface area contributed by atoms with Crippen molar-refractivity contribution in [3.05, 3.63) is 225 Å². The smallest absolute Gasteiger partial charge is 0.425 e. The van der Waals surface area contributed by atoms with E-state index < -0.39 is 75.3 Å². The summed E-state index contributed by atoms with van der Waals surface area (Å²) in [7, 11) is -16.8. The van der Waals surface area contributed by atoms with Crippen LogP contribution in [0.25, 0.3) is 5.57 Å². The summed E-state index contributed by atoms with van der Waals surface area (Å²) in [4.78, 5) is 33.0. The quantitative estimate of drug-likeness (QED) is 0.0443. The molecule has 15 rings (SSSR count). The summed E-state index contributed by atoms with van der Waals surface area (Å²) in [6.07, 6.45) is 8.59. The van der Waals surface area contributed by atoms with Gasteiger partial charge in [0.2, 0.25) is 11.4 Å². The molecule has 0 bridgehead atoms. The molecule has 0 aromatic heterocycles. The Morgan fingerprint density at radius 2 is 0.990 bits per heavy atom. The lowest BCUT2D eigenvalue weighted by atomic mass is 9.88. The Morgan fingerprint density at radius 1 is 0.538 bits per heavy atom. The molecule has 0 radical (unpaired) electrons. The van der Waals surface area contributed by atoms with Crippen LogP contribution in [0.1, 0.15) is 87.4 Å². The molecule has 0 amide bonds. The fourth-order valence-electron chi connectivity index (χ4n) is 15.5. The van der Waals surface area contributed by atoms with E-state index in [9.17, 15) is 44.5 Å². The number of methoxy groups -OCH3 is 2. The molecule has 0 saturated carbocycles. The number of carbonyl (C=O) groups is 2. The van der Waals surface area contributed by atoms with E-state index in [1.807, 2.05) is 36.4 Å². The first-order valence-corrected chi connectivity index (χ1v) is 45.1. The molecule has 0 fully saturated rings. The summed E-state index contributed by atoms with van der Waals surface area (Å²) < 4.78 is 134. The molecule has 8 aromatic rings. The van der Waals surface area contributed by atoms with E-state index in [4.69, 9.17) is 30.5 Å². The number of ketones is 1. The molecule has 0 saturated heterocycles. The van der Waals surface area contributed by atoms with Gasteiger partial charge in [0.05, 0.1) is 52.2 Å². The van der Waals surface area contributed by atoms with E-state index in [0.717, 1.165) is 108 Å². The summed E-state index contributed by atoms with van der Waals surface area (Å²) in [6.45, 7) is 19.0. The average molecular weight is 1510 g/mol. The van der Waals surface area contributed by atoms with Gasteiger partial charge in [-0.15, -0.1) is 12.6 Å². The maximum absolute atomic E-state index is 13.9. The maximum Gasteiger partial charge on any atom is 0.425 e. The largest absolute Gasteiger partial charge is 0.496 e. The molecular weight excluding hydrogens is 1440 g/mol. The van der Waals surface area contributed by atoms with Crippen molar-refractivity contribution < 1.29 is 79.5 Å². The van der Waals surface area contributed by atoms with Crippen LogP contribution in [0.3, 0.4) is 0 Å². The normalized spacial score (nSPS) is 17.1. The molecule has 104 heavy (non-hydrogen) atoms. The third kappa shape index (κ3) is 13.4. The zero-order valence-corrected chi connectivity index (χ0v) is 64.1. The van der Waals surface area contributed by atoms with Crippen molar-refractivity contribution in [2.75, 3.05) is 55.1 Å². The minimum atomic E-state index is -4.31. The van der Waals surface area contributed by atoms with Crippen molar-refractivity contribution in [3.8, 4) is 11.5 Å². The van der Waals surface area contributed by atoms with Gasteiger partial charge in [-0.05, 0) is 217 Å². The fourth-order valence-corrected chi connectivity index (χ4v) is 24.4. The number of aromatic carboxylic acids is 1. The number of carboxylic acid groups (broad SMARTS) is 1. The summed E-state index contributed by atoms with van der Waals surface area (Å²) in [6, 6.07) is 45.6. The van der Waals surface area contributed by atoms with Crippen LogP contribution in [-0.2, 0) is 75.0 Å². The van der Waals surface area contributed by atoms with E-state index in [-0.39, 0.29) is 26.0 Å². The highest BCUT2D eigenvalue weighted by Gasteiger charge is 2.44. The van der Waals surface area contributed by atoms with Crippen LogP contribution < -0.4 is 39.7 Å². The van der Waals surface area contributed by atoms with Crippen molar-refractivity contribution in [3.63, 3.8) is 0 Å². The molecule has 27 heteroatoms. The van der Waals surface area contributed by atoms with Crippen LogP contribution in [0.5, 0.6) is 11.5 Å². The Bertz CT molecular complexity index is 5430. The number of benzene rings is 8. The predicted octanol–water partition coefficient (Wildman–Crippen LogP) is 11.1. The van der Waals surface area contributed by atoms with E-state index in [0.29, 0.717) is 56.0 Å². The topological polar surface area (TPSA) is 278 Å². The van der Waals surface area contributed by atoms with E-state index in [1.54, 1.807) is 90.4 Å². The number of anilines is 6. The van der Waals surface area contributed by atoms with Crippen LogP contribution >= 0.6 is 0 Å². The van der Waals surface area contributed by atoms with Crippen LogP contribution in [-0.4, -0.2) is 138 Å². The van der Waals surface area contributed by atoms with Gasteiger partial charge < -0.3 is 29.3 Å². The Kier molecular flexibility index (Phi) is 19.3. The van der Waals surface area contributed by atoms with Gasteiger partial charge in [0, 0.05) is 101 Å². The molecule has 0 spiro atoms. The number of fused-ring (bicyclic) bond motifs is 8. The fraction of sp³-hybridized carbons (Fsp3) is 0.260. The third-order valence-corrected chi connectivity index (χ3v) is 31.1. The number of allylic oxidation sites excluding steroid dienone is 5. The van der Waals surface area contributed by atoms with E-state index >= 15 is 0 Å². The maximum atomic E-state index is 13.9. The van der Waals surface area contributed by atoms with Crippen molar-refractivity contribution in [1.82, 2.24) is 0 Å². The van der Waals surface area contributed by atoms with Gasteiger partial charge in [-0.3, -0.25) is 17.7 Å². The van der Waals surface area contributed by atoms with E-state index in [1.165, 1.54) is 27.7 Å². The molecule has 1 aliphatic carbocycles. The van der Waals surface area contributed by atoms with E-state index in [2.05, 4.69) is 118 Å². The first-order valence-electron chi connectivity index (χ1n) is 33.9. The summed E-state index contributed by atoms with van der Waals surface area (Å²) >= 11 is 0. The van der Waals surface area contributed by atoms with Crippen molar-refractivity contribution in [2.45, 2.75) is 106 Å². The third-order valence-electron chi connectivity index (χ3n) is 20.2. The molecule has 538 valence electrons. The van der Waals surface area contributed by atoms with Gasteiger partial charge in [-0.1, -0.05) is 50.5 Å². The number of hydrogen-bond donors (Lipinski definition) is 2. The lowest BCUT2D eigenvalue weighted by Gasteiger charge is -2.38. The first kappa shape index (κ1) is 72.9. The van der Waals surface area contributed by atoms with Crippen LogP contribution in [0.2, 0.25) is 26.2 Å². The van der Waals surface area contributed by atoms with Gasteiger partial charge in [-0.25, -0.2) is 4.79 Å². The molecule has 6 heterocycles. The second kappa shape index (κ2) is 27.6. The number of rotatable bonds is 14. The monoisotopic (exact) mass is 1510 g/mol. The number of hydrogen-bond acceptors (Lipinski definition) is 18. The minimum Gasteiger partial charge on any atom is -0.496 e. The van der Waals surface area contributed by atoms with Crippen molar-refractivity contribution in [2.24, 2.45) is 0 Å². The number of ether oxygens (including phenoxy) is 2. The molecule has 0 unspecified atom stereocenters. The minimum absolute atomic E-state index is 0.0126. The predicted molar refractivity (Wildman–Crippen MR) is 404 cm³/mol. The summed E-state index contributed by atoms with van der Waals surface area (Å²) in [5.41, 5.74) is 17.4. The standard InChI is InChI=1S/C40H36N2O7SSi.C37H40N2O7S2Si.O3S/c1-48-34-20-26(40(43)44)21-35(49-2)39(34)38-30-12-9-27(41-17-15-24-7-5-6-8-32(24)41)22-36(30)51(3,4)37-23-28(10-13-31(37)38)42-18-16-25-19-29(50(45,46)47)11-14-33(25)42;1-23(2)45-47(41,42)29-9-13-33-25(19-29)15-17-38(33)27-7-11-31-35(21-27)49(5,6)36-22-28(8-12-32(36)37(31)40)39-18-16-26-20-30(10-14-34(26)39)48(43,44)46-24(3)4;1-4(2)3/h5-14,19-23H,15-18H2,1-4H3,(H-,43,44,45,46,47);7-14,19-24H,15-18H2,1-6H3;/p+1. The highest BCUT2D eigenvalue weighted by Crippen LogP contribution is 2.49. The first-order chi connectivity index (χ1) is 49.2. The highest BCUT2D eigenvalue weighted by atomic mass is 32.2. The number of nitrogens with zero attached hydrogens (tertiary/aromatic N) is 4. The second-order valence-electron chi connectivity index (χ2n) is 27.9. The van der Waals surface area contributed by atoms with Crippen LogP contribution in [0.15, 0.2) is 189 Å². The van der Waals surface area contributed by atoms with Crippen LogP contribution in [0, 0.1) is 0 Å². The number of para-hydroxylation sites is 1. The average Bonchev–Trinajstić information content (AvgIpc) is 0.784. The van der Waals surface area contributed by atoms with Crippen molar-refractivity contribution in [1.29, 1.82) is 0 Å². The van der Waals surface area contributed by atoms with Gasteiger partial charge >= 0.3 is 16.6 Å². The van der Waals surface area contributed by atoms with Gasteiger partial charge in [-0.2, -0.15) is 29.8 Å². The van der Waals surface area contributed by atoms with Crippen LogP contribution in [0.4, 0.5) is 39.8 Å². The molecular formula is C77H77N4O17S4Si2+. The summed E-state index contributed by atoms with van der Waals surface area (Å²) in [5, 5.41) is 14.5.